The second-order valence-corrected chi connectivity index (χ2v) is 5.08. The summed E-state index contributed by atoms with van der Waals surface area (Å²) in [5, 5.41) is 0. The highest BCUT2D eigenvalue weighted by molar-refractivity contribution is 6.04. The molecule has 1 aromatic rings. The third-order valence-corrected chi connectivity index (χ3v) is 3.17. The molecule has 0 bridgehead atoms. The maximum atomic E-state index is 12.0. The molecule has 0 radical (unpaired) electrons. The average molecular weight is 261 g/mol. The highest BCUT2D eigenvalue weighted by atomic mass is 16.2. The van der Waals surface area contributed by atoms with Gasteiger partial charge in [-0.15, -0.1) is 0 Å². The van der Waals surface area contributed by atoms with E-state index in [4.69, 9.17) is 5.73 Å². The van der Waals surface area contributed by atoms with Crippen LogP contribution in [0.25, 0.3) is 0 Å². The van der Waals surface area contributed by atoms with Crippen molar-refractivity contribution in [2.75, 3.05) is 25.0 Å². The quantitative estimate of drug-likeness (QED) is 0.855. The number of amides is 2. The molecule has 102 valence electrons. The van der Waals surface area contributed by atoms with Crippen LogP contribution < -0.4 is 10.6 Å². The van der Waals surface area contributed by atoms with E-state index in [1.807, 2.05) is 31.2 Å². The molecule has 5 nitrogen and oxygen atoms in total. The summed E-state index contributed by atoms with van der Waals surface area (Å²) >= 11 is 0. The van der Waals surface area contributed by atoms with E-state index in [0.717, 1.165) is 17.7 Å². The predicted molar refractivity (Wildman–Crippen MR) is 73.8 cm³/mol. The fourth-order valence-electron chi connectivity index (χ4n) is 2.18. The van der Waals surface area contributed by atoms with Gasteiger partial charge in [-0.2, -0.15) is 0 Å². The molecular weight excluding hydrogens is 242 g/mol. The number of carbonyl (C=O) groups is 2. The van der Waals surface area contributed by atoms with Crippen molar-refractivity contribution in [2.24, 2.45) is 5.73 Å². The highest BCUT2D eigenvalue weighted by Crippen LogP contribution is 2.19. The fourth-order valence-corrected chi connectivity index (χ4v) is 2.18. The molecule has 1 heterocycles. The Morgan fingerprint density at radius 2 is 2.00 bits per heavy atom. The molecule has 0 aliphatic carbocycles. The SMILES string of the molecule is CC(N)Cc1cccc(N2CC(=O)N(C)CC2=O)c1. The Balaban J connectivity index is 2.21. The first-order valence-corrected chi connectivity index (χ1v) is 6.36. The smallest absolute Gasteiger partial charge is 0.247 e. The zero-order valence-corrected chi connectivity index (χ0v) is 11.3. The van der Waals surface area contributed by atoms with Crippen LogP contribution in [-0.2, 0) is 16.0 Å². The molecule has 0 spiro atoms. The molecule has 1 aromatic carbocycles. The molecule has 0 aromatic heterocycles. The molecular formula is C14H19N3O2. The number of hydrogen-bond acceptors (Lipinski definition) is 3. The first kappa shape index (κ1) is 13.5. The van der Waals surface area contributed by atoms with Gasteiger partial charge in [-0.25, -0.2) is 0 Å². The number of hydrogen-bond donors (Lipinski definition) is 1. The van der Waals surface area contributed by atoms with Crippen LogP contribution in [-0.4, -0.2) is 42.9 Å². The lowest BCUT2D eigenvalue weighted by Crippen LogP contribution is -2.52. The number of piperazine rings is 1. The van der Waals surface area contributed by atoms with Crippen molar-refractivity contribution in [3.8, 4) is 0 Å². The topological polar surface area (TPSA) is 66.6 Å². The summed E-state index contributed by atoms with van der Waals surface area (Å²) < 4.78 is 0. The van der Waals surface area contributed by atoms with Crippen LogP contribution in [0.2, 0.25) is 0 Å². The number of anilines is 1. The van der Waals surface area contributed by atoms with Gasteiger partial charge in [-0.3, -0.25) is 9.59 Å². The van der Waals surface area contributed by atoms with Gasteiger partial charge in [0, 0.05) is 18.8 Å². The van der Waals surface area contributed by atoms with Crippen LogP contribution in [0.3, 0.4) is 0 Å². The van der Waals surface area contributed by atoms with E-state index in [0.29, 0.717) is 0 Å². The van der Waals surface area contributed by atoms with Gasteiger partial charge in [-0.05, 0) is 31.0 Å². The van der Waals surface area contributed by atoms with Crippen molar-refractivity contribution in [2.45, 2.75) is 19.4 Å². The largest absolute Gasteiger partial charge is 0.335 e. The summed E-state index contributed by atoms with van der Waals surface area (Å²) in [7, 11) is 1.64. The van der Waals surface area contributed by atoms with Crippen LogP contribution in [0.15, 0.2) is 24.3 Å². The molecule has 1 aliphatic heterocycles. The minimum absolute atomic E-state index is 0.0443. The third kappa shape index (κ3) is 3.12. The first-order valence-electron chi connectivity index (χ1n) is 6.36. The van der Waals surface area contributed by atoms with E-state index in [9.17, 15) is 9.59 Å². The van der Waals surface area contributed by atoms with Crippen LogP contribution >= 0.6 is 0 Å². The lowest BCUT2D eigenvalue weighted by Gasteiger charge is -2.31. The van der Waals surface area contributed by atoms with E-state index in [1.165, 1.54) is 9.80 Å². The predicted octanol–water partition coefficient (Wildman–Crippen LogP) is 0.381. The Morgan fingerprint density at radius 3 is 2.68 bits per heavy atom. The van der Waals surface area contributed by atoms with Crippen molar-refractivity contribution in [1.82, 2.24) is 4.90 Å². The van der Waals surface area contributed by atoms with Gasteiger partial charge in [0.2, 0.25) is 11.8 Å². The summed E-state index contributed by atoms with van der Waals surface area (Å²) in [4.78, 5) is 26.7. The molecule has 1 saturated heterocycles. The first-order chi connectivity index (χ1) is 8.97. The third-order valence-electron chi connectivity index (χ3n) is 3.17. The van der Waals surface area contributed by atoms with Gasteiger partial charge in [0.15, 0.2) is 0 Å². The number of carbonyl (C=O) groups excluding carboxylic acids is 2. The van der Waals surface area contributed by atoms with E-state index in [1.54, 1.807) is 7.05 Å². The summed E-state index contributed by atoms with van der Waals surface area (Å²) in [5.74, 6) is -0.0998. The van der Waals surface area contributed by atoms with Crippen LogP contribution in [0, 0.1) is 0 Å². The molecule has 19 heavy (non-hydrogen) atoms. The monoisotopic (exact) mass is 261 g/mol. The maximum absolute atomic E-state index is 12.0. The van der Waals surface area contributed by atoms with Crippen molar-refractivity contribution < 1.29 is 9.59 Å². The Hall–Kier alpha value is -1.88. The molecule has 5 heteroatoms. The van der Waals surface area contributed by atoms with Gasteiger partial charge >= 0.3 is 0 Å². The Bertz CT molecular complexity index is 499. The van der Waals surface area contributed by atoms with Crippen molar-refractivity contribution in [3.05, 3.63) is 29.8 Å². The zero-order chi connectivity index (χ0) is 14.0. The minimum atomic E-state index is -0.0555. The van der Waals surface area contributed by atoms with E-state index < -0.39 is 0 Å². The molecule has 2 N–H and O–H groups in total. The normalized spacial score (nSPS) is 17.8. The summed E-state index contributed by atoms with van der Waals surface area (Å²) in [6.07, 6.45) is 0.754. The van der Waals surface area contributed by atoms with Crippen molar-refractivity contribution in [3.63, 3.8) is 0 Å². The molecule has 1 aliphatic rings. The fraction of sp³-hybridized carbons (Fsp3) is 0.429. The van der Waals surface area contributed by atoms with E-state index in [2.05, 4.69) is 0 Å². The summed E-state index contributed by atoms with van der Waals surface area (Å²) in [6, 6.07) is 7.72. The Morgan fingerprint density at radius 1 is 1.26 bits per heavy atom. The van der Waals surface area contributed by atoms with Gasteiger partial charge in [0.25, 0.3) is 0 Å². The van der Waals surface area contributed by atoms with Gasteiger partial charge in [0.1, 0.15) is 6.54 Å². The molecule has 2 rings (SSSR count). The van der Waals surface area contributed by atoms with Gasteiger partial charge in [0.05, 0.1) is 6.54 Å². The average Bonchev–Trinajstić information content (AvgIpc) is 2.33. The van der Waals surface area contributed by atoms with Crippen molar-refractivity contribution >= 4 is 17.5 Å². The Labute approximate surface area is 113 Å². The number of rotatable bonds is 3. The lowest BCUT2D eigenvalue weighted by atomic mass is 10.1. The van der Waals surface area contributed by atoms with Gasteiger partial charge in [-0.1, -0.05) is 12.1 Å². The standard InChI is InChI=1S/C14H19N3O2/c1-10(15)6-11-4-3-5-12(7-11)17-9-13(18)16(2)8-14(17)19/h3-5,7,10H,6,8-9,15H2,1-2H3. The number of likely N-dealkylation sites (N-methyl/N-ethyl adjacent to an activating group) is 1. The van der Waals surface area contributed by atoms with Crippen LogP contribution in [0.4, 0.5) is 5.69 Å². The highest BCUT2D eigenvalue weighted by Gasteiger charge is 2.28. The summed E-state index contributed by atoms with van der Waals surface area (Å²) in [6.45, 7) is 2.19. The number of nitrogens with zero attached hydrogens (tertiary/aromatic N) is 2. The number of nitrogens with two attached hydrogens (primary N) is 1. The van der Waals surface area contributed by atoms with Crippen LogP contribution in [0.5, 0.6) is 0 Å². The minimum Gasteiger partial charge on any atom is -0.335 e. The second-order valence-electron chi connectivity index (χ2n) is 5.08. The molecule has 1 atom stereocenters. The molecule has 0 saturated carbocycles. The molecule has 1 fully saturated rings. The van der Waals surface area contributed by atoms with Gasteiger partial charge < -0.3 is 15.5 Å². The second kappa shape index (κ2) is 5.40. The lowest BCUT2D eigenvalue weighted by molar-refractivity contribution is -0.136. The zero-order valence-electron chi connectivity index (χ0n) is 11.3. The van der Waals surface area contributed by atoms with Crippen molar-refractivity contribution in [1.29, 1.82) is 0 Å². The Kier molecular flexibility index (Phi) is 3.85. The molecule has 2 amide bonds. The van der Waals surface area contributed by atoms with Crippen LogP contribution in [0.1, 0.15) is 12.5 Å². The summed E-state index contributed by atoms with van der Waals surface area (Å²) in [5.41, 5.74) is 7.62. The van der Waals surface area contributed by atoms with E-state index >= 15 is 0 Å². The molecule has 1 unspecified atom stereocenters. The number of benzene rings is 1. The maximum Gasteiger partial charge on any atom is 0.247 e. The van der Waals surface area contributed by atoms with E-state index in [-0.39, 0.29) is 30.9 Å².